The molecule has 0 spiro atoms. The molecule has 1 unspecified atom stereocenters. The van der Waals surface area contributed by atoms with Gasteiger partial charge in [-0.2, -0.15) is 0 Å². The average Bonchev–Trinajstić information content (AvgIpc) is 3.26. The van der Waals surface area contributed by atoms with E-state index in [1.807, 2.05) is 36.0 Å². The number of hydrogen-bond donors (Lipinski definition) is 1. The van der Waals surface area contributed by atoms with Crippen LogP contribution >= 0.6 is 0 Å². The topological polar surface area (TPSA) is 80.5 Å². The van der Waals surface area contributed by atoms with Crippen molar-refractivity contribution in [3.63, 3.8) is 0 Å². The Morgan fingerprint density at radius 2 is 2.14 bits per heavy atom. The number of imidazole rings is 1. The van der Waals surface area contributed by atoms with Gasteiger partial charge in [0.2, 0.25) is 0 Å². The van der Waals surface area contributed by atoms with Crippen LogP contribution in [0.3, 0.4) is 0 Å². The normalized spacial score (nSPS) is 19.2. The molecule has 1 aromatic carbocycles. The number of ether oxygens (including phenoxy) is 1. The number of rotatable bonds is 8. The first-order valence-corrected chi connectivity index (χ1v) is 11.9. The van der Waals surface area contributed by atoms with Gasteiger partial charge in [0.15, 0.2) is 5.82 Å². The minimum Gasteiger partial charge on any atom is -0.497 e. The maximum Gasteiger partial charge on any atom is 0.303 e. The van der Waals surface area contributed by atoms with Gasteiger partial charge in [-0.3, -0.25) is 14.7 Å². The molecule has 0 radical (unpaired) electrons. The zero-order valence-electron chi connectivity index (χ0n) is 20.2. The molecule has 1 aliphatic heterocycles. The van der Waals surface area contributed by atoms with Gasteiger partial charge in [-0.1, -0.05) is 5.92 Å². The maximum atomic E-state index is 15.4. The first kappa shape index (κ1) is 24.7. The standard InChI is InChI=1S/C27H31FN4O3/c1-31-15-12-30-26(31)4-3-13-32-14-10-19(20(18-32)16-27(33)34)5-7-24(28)22-9-11-29-25-8-6-21(35-2)17-23(22)25/h6,8-9,11-12,15,17,19-20,24H,5,7,10,13-14,16,18H2,1-2H3,(H,33,34)/t19-,20+,24?/m1/s1. The molecule has 1 fully saturated rings. The number of pyridine rings is 1. The molecule has 0 amide bonds. The van der Waals surface area contributed by atoms with Crippen molar-refractivity contribution in [2.75, 3.05) is 26.7 Å². The molecule has 1 aliphatic rings. The highest BCUT2D eigenvalue weighted by molar-refractivity contribution is 5.83. The third-order valence-electron chi connectivity index (χ3n) is 6.85. The van der Waals surface area contributed by atoms with Crippen LogP contribution in [0.1, 0.15) is 43.2 Å². The van der Waals surface area contributed by atoms with Gasteiger partial charge in [-0.05, 0) is 73.4 Å². The summed E-state index contributed by atoms with van der Waals surface area (Å²) in [4.78, 5) is 22.3. The second kappa shape index (κ2) is 11.3. The molecule has 4 rings (SSSR count). The molecular formula is C27H31FN4O3. The van der Waals surface area contributed by atoms with E-state index in [9.17, 15) is 9.90 Å². The van der Waals surface area contributed by atoms with E-state index in [0.29, 0.717) is 43.1 Å². The number of aromatic nitrogens is 3. The smallest absolute Gasteiger partial charge is 0.303 e. The number of nitrogens with zero attached hydrogens (tertiary/aromatic N) is 4. The van der Waals surface area contributed by atoms with Crippen LogP contribution in [0, 0.1) is 23.7 Å². The number of benzene rings is 1. The van der Waals surface area contributed by atoms with E-state index in [0.717, 1.165) is 23.9 Å². The van der Waals surface area contributed by atoms with Crippen molar-refractivity contribution in [1.82, 2.24) is 19.4 Å². The Morgan fingerprint density at radius 3 is 2.89 bits per heavy atom. The van der Waals surface area contributed by atoms with Crippen LogP contribution in [0.15, 0.2) is 42.9 Å². The Bertz CT molecular complexity index is 1230. The fraction of sp³-hybridized carbons (Fsp3) is 0.444. The van der Waals surface area contributed by atoms with Crippen LogP contribution < -0.4 is 4.74 Å². The molecule has 0 saturated carbocycles. The molecule has 1 N–H and O–H groups in total. The maximum absolute atomic E-state index is 15.4. The Hall–Kier alpha value is -3.44. The number of aryl methyl sites for hydroxylation is 1. The summed E-state index contributed by atoms with van der Waals surface area (Å²) in [5, 5.41) is 10.2. The summed E-state index contributed by atoms with van der Waals surface area (Å²) in [6, 6.07) is 7.20. The van der Waals surface area contributed by atoms with E-state index in [1.165, 1.54) is 0 Å². The number of alkyl halides is 1. The molecule has 1 saturated heterocycles. The van der Waals surface area contributed by atoms with Gasteiger partial charge in [-0.25, -0.2) is 9.37 Å². The number of aliphatic carboxylic acids is 1. The van der Waals surface area contributed by atoms with E-state index in [1.54, 1.807) is 25.6 Å². The molecule has 3 heterocycles. The molecule has 3 aromatic rings. The second-order valence-electron chi connectivity index (χ2n) is 9.13. The van der Waals surface area contributed by atoms with Gasteiger partial charge >= 0.3 is 5.97 Å². The number of methoxy groups -OCH3 is 1. The number of carboxylic acids is 1. The summed E-state index contributed by atoms with van der Waals surface area (Å²) in [6.45, 7) is 2.03. The summed E-state index contributed by atoms with van der Waals surface area (Å²) < 4.78 is 22.6. The highest BCUT2D eigenvalue weighted by atomic mass is 19.1. The molecule has 35 heavy (non-hydrogen) atoms. The van der Waals surface area contributed by atoms with Gasteiger partial charge in [0, 0.05) is 44.0 Å². The van der Waals surface area contributed by atoms with E-state index in [4.69, 9.17) is 4.74 Å². The van der Waals surface area contributed by atoms with Crippen molar-refractivity contribution in [1.29, 1.82) is 0 Å². The molecule has 8 heteroatoms. The lowest BCUT2D eigenvalue weighted by molar-refractivity contribution is -0.139. The molecule has 7 nitrogen and oxygen atoms in total. The van der Waals surface area contributed by atoms with Crippen LogP contribution in [0.4, 0.5) is 4.39 Å². The van der Waals surface area contributed by atoms with Crippen LogP contribution in [-0.4, -0.2) is 57.3 Å². The summed E-state index contributed by atoms with van der Waals surface area (Å²) in [7, 11) is 3.48. The van der Waals surface area contributed by atoms with Crippen molar-refractivity contribution >= 4 is 16.9 Å². The van der Waals surface area contributed by atoms with Gasteiger partial charge < -0.3 is 14.4 Å². The highest BCUT2D eigenvalue weighted by Crippen LogP contribution is 2.36. The average molecular weight is 479 g/mol. The number of carbonyl (C=O) groups is 1. The highest BCUT2D eigenvalue weighted by Gasteiger charge is 2.31. The quantitative estimate of drug-likeness (QED) is 0.488. The lowest BCUT2D eigenvalue weighted by Crippen LogP contribution is -2.41. The molecule has 0 aliphatic carbocycles. The van der Waals surface area contributed by atoms with Crippen LogP contribution in [0.5, 0.6) is 5.75 Å². The molecule has 0 bridgehead atoms. The van der Waals surface area contributed by atoms with Gasteiger partial charge in [-0.15, -0.1) is 0 Å². The Balaban J connectivity index is 1.39. The zero-order chi connectivity index (χ0) is 24.8. The lowest BCUT2D eigenvalue weighted by Gasteiger charge is -2.37. The second-order valence-corrected chi connectivity index (χ2v) is 9.13. The number of hydrogen-bond acceptors (Lipinski definition) is 5. The predicted molar refractivity (Wildman–Crippen MR) is 132 cm³/mol. The van der Waals surface area contributed by atoms with E-state index >= 15 is 4.39 Å². The van der Waals surface area contributed by atoms with Crippen LogP contribution in [0.2, 0.25) is 0 Å². The fourth-order valence-electron chi connectivity index (χ4n) is 4.91. The minimum atomic E-state index is -1.15. The number of fused-ring (bicyclic) bond motifs is 1. The summed E-state index contributed by atoms with van der Waals surface area (Å²) in [5.41, 5.74) is 1.33. The van der Waals surface area contributed by atoms with Crippen molar-refractivity contribution in [2.45, 2.75) is 31.9 Å². The molecular weight excluding hydrogens is 447 g/mol. The van der Waals surface area contributed by atoms with Crippen molar-refractivity contribution < 1.29 is 19.0 Å². The van der Waals surface area contributed by atoms with Crippen molar-refractivity contribution in [3.05, 3.63) is 54.2 Å². The summed E-state index contributed by atoms with van der Waals surface area (Å²) in [5.74, 6) is 6.91. The van der Waals surface area contributed by atoms with Gasteiger partial charge in [0.1, 0.15) is 11.9 Å². The minimum absolute atomic E-state index is 0.0299. The summed E-state index contributed by atoms with van der Waals surface area (Å²) in [6.07, 6.45) is 5.94. The van der Waals surface area contributed by atoms with E-state index < -0.39 is 12.1 Å². The first-order chi connectivity index (χ1) is 16.9. The van der Waals surface area contributed by atoms with Crippen LogP contribution in [0.25, 0.3) is 10.9 Å². The van der Waals surface area contributed by atoms with Crippen LogP contribution in [-0.2, 0) is 11.8 Å². The zero-order valence-corrected chi connectivity index (χ0v) is 20.2. The SMILES string of the molecule is COc1ccc2nccc(C(F)CC[C@@H]3CCN(CC#Cc4nccn4C)C[C@@H]3CC(=O)O)c2c1. The largest absolute Gasteiger partial charge is 0.497 e. The van der Waals surface area contributed by atoms with Gasteiger partial charge in [0.25, 0.3) is 0 Å². The Morgan fingerprint density at radius 1 is 1.29 bits per heavy atom. The molecule has 184 valence electrons. The Kier molecular flexibility index (Phi) is 7.98. The monoisotopic (exact) mass is 478 g/mol. The lowest BCUT2D eigenvalue weighted by atomic mass is 9.79. The first-order valence-electron chi connectivity index (χ1n) is 11.9. The summed E-state index contributed by atoms with van der Waals surface area (Å²) >= 11 is 0. The predicted octanol–water partition coefficient (Wildman–Crippen LogP) is 4.23. The van der Waals surface area contributed by atoms with E-state index in [-0.39, 0.29) is 18.3 Å². The number of likely N-dealkylation sites (tertiary alicyclic amines) is 1. The fourth-order valence-corrected chi connectivity index (χ4v) is 4.91. The number of halogens is 1. The molecule has 2 aromatic heterocycles. The number of piperidine rings is 1. The third kappa shape index (κ3) is 6.17. The third-order valence-corrected chi connectivity index (χ3v) is 6.85. The van der Waals surface area contributed by atoms with E-state index in [2.05, 4.69) is 26.7 Å². The molecule has 3 atom stereocenters. The van der Waals surface area contributed by atoms with Crippen molar-refractivity contribution in [3.8, 4) is 17.6 Å². The Labute approximate surface area is 204 Å². The van der Waals surface area contributed by atoms with Gasteiger partial charge in [0.05, 0.1) is 19.2 Å². The van der Waals surface area contributed by atoms with Crippen molar-refractivity contribution in [2.24, 2.45) is 18.9 Å². The number of carboxylic acid groups (broad SMARTS) is 1.